The fourth-order valence-corrected chi connectivity index (χ4v) is 2.48. The zero-order chi connectivity index (χ0) is 14.2. The first-order valence-corrected chi connectivity index (χ1v) is 7.18. The Balaban J connectivity index is 1.91. The third-order valence-electron chi connectivity index (χ3n) is 3.63. The number of rotatable bonds is 7. The van der Waals surface area contributed by atoms with Crippen LogP contribution >= 0.6 is 0 Å². The average Bonchev–Trinajstić information content (AvgIpc) is 2.97. The molecule has 110 valence electrons. The Bertz CT molecular complexity index is 405. The van der Waals surface area contributed by atoms with Gasteiger partial charge < -0.3 is 15.0 Å². The fourth-order valence-electron chi connectivity index (χ4n) is 2.48. The first-order valence-electron chi connectivity index (χ1n) is 7.18. The largest absolute Gasteiger partial charge is 0.383 e. The summed E-state index contributed by atoms with van der Waals surface area (Å²) in [5.41, 5.74) is 1.01. The molecule has 0 aliphatic carbocycles. The van der Waals surface area contributed by atoms with Crippen LogP contribution in [0.5, 0.6) is 0 Å². The highest BCUT2D eigenvalue weighted by molar-refractivity contribution is 5.78. The van der Waals surface area contributed by atoms with Gasteiger partial charge in [0, 0.05) is 38.6 Å². The van der Waals surface area contributed by atoms with Gasteiger partial charge in [-0.15, -0.1) is 0 Å². The molecule has 1 fully saturated rings. The monoisotopic (exact) mass is 277 g/mol. The number of hydrogen-bond acceptors (Lipinski definition) is 4. The first-order chi connectivity index (χ1) is 9.79. The second-order valence-electron chi connectivity index (χ2n) is 5.16. The Hall–Kier alpha value is -1.46. The SMILES string of the molecule is COCCN(CC1CCCN1)C(=O)Cc1ccncc1. The van der Waals surface area contributed by atoms with Crippen molar-refractivity contribution in [2.24, 2.45) is 0 Å². The summed E-state index contributed by atoms with van der Waals surface area (Å²) in [6.07, 6.45) is 6.22. The molecule has 1 aliphatic heterocycles. The Kier molecular flexibility index (Phi) is 5.95. The molecular formula is C15H23N3O2. The summed E-state index contributed by atoms with van der Waals surface area (Å²) in [4.78, 5) is 18.3. The number of aromatic nitrogens is 1. The molecule has 5 nitrogen and oxygen atoms in total. The van der Waals surface area contributed by atoms with Crippen LogP contribution < -0.4 is 5.32 Å². The lowest BCUT2D eigenvalue weighted by molar-refractivity contribution is -0.131. The second kappa shape index (κ2) is 7.97. The predicted molar refractivity (Wildman–Crippen MR) is 77.4 cm³/mol. The summed E-state index contributed by atoms with van der Waals surface area (Å²) in [5.74, 6) is 0.155. The molecule has 5 heteroatoms. The highest BCUT2D eigenvalue weighted by atomic mass is 16.5. The second-order valence-corrected chi connectivity index (χ2v) is 5.16. The molecule has 1 amide bonds. The molecule has 1 aliphatic rings. The summed E-state index contributed by atoms with van der Waals surface area (Å²) in [6, 6.07) is 4.20. The van der Waals surface area contributed by atoms with E-state index in [1.165, 1.54) is 6.42 Å². The van der Waals surface area contributed by atoms with E-state index >= 15 is 0 Å². The van der Waals surface area contributed by atoms with Gasteiger partial charge in [0.05, 0.1) is 13.0 Å². The van der Waals surface area contributed by atoms with E-state index in [1.807, 2.05) is 17.0 Å². The quantitative estimate of drug-likeness (QED) is 0.803. The van der Waals surface area contributed by atoms with Crippen molar-refractivity contribution < 1.29 is 9.53 Å². The molecule has 1 unspecified atom stereocenters. The standard InChI is InChI=1S/C15H23N3O2/c1-20-10-9-18(12-14-3-2-6-17-14)15(19)11-13-4-7-16-8-5-13/h4-5,7-8,14,17H,2-3,6,9-12H2,1H3. The molecule has 1 atom stereocenters. The minimum atomic E-state index is 0.155. The topological polar surface area (TPSA) is 54.5 Å². The molecule has 0 aromatic carbocycles. The number of pyridine rings is 1. The van der Waals surface area contributed by atoms with Crippen molar-refractivity contribution in [2.45, 2.75) is 25.3 Å². The van der Waals surface area contributed by atoms with Crippen LogP contribution in [-0.2, 0) is 16.0 Å². The maximum atomic E-state index is 12.4. The third kappa shape index (κ3) is 4.58. The maximum absolute atomic E-state index is 12.4. The third-order valence-corrected chi connectivity index (χ3v) is 3.63. The van der Waals surface area contributed by atoms with Crippen molar-refractivity contribution in [3.05, 3.63) is 30.1 Å². The number of carbonyl (C=O) groups excluding carboxylic acids is 1. The number of methoxy groups -OCH3 is 1. The zero-order valence-electron chi connectivity index (χ0n) is 12.0. The normalized spacial score (nSPS) is 18.1. The summed E-state index contributed by atoms with van der Waals surface area (Å²) < 4.78 is 5.11. The fraction of sp³-hybridized carbons (Fsp3) is 0.600. The van der Waals surface area contributed by atoms with Crippen LogP contribution in [0.25, 0.3) is 0 Å². The van der Waals surface area contributed by atoms with E-state index in [9.17, 15) is 4.79 Å². The van der Waals surface area contributed by atoms with Gasteiger partial charge in [0.2, 0.25) is 5.91 Å². The Morgan fingerprint density at radius 2 is 2.30 bits per heavy atom. The minimum Gasteiger partial charge on any atom is -0.383 e. The van der Waals surface area contributed by atoms with E-state index in [4.69, 9.17) is 4.74 Å². The highest BCUT2D eigenvalue weighted by Gasteiger charge is 2.21. The van der Waals surface area contributed by atoms with Crippen molar-refractivity contribution in [2.75, 3.05) is 33.4 Å². The van der Waals surface area contributed by atoms with Crippen molar-refractivity contribution in [1.82, 2.24) is 15.2 Å². The van der Waals surface area contributed by atoms with Crippen LogP contribution in [-0.4, -0.2) is 55.2 Å². The van der Waals surface area contributed by atoms with E-state index < -0.39 is 0 Å². The molecule has 0 saturated carbocycles. The van der Waals surface area contributed by atoms with Crippen LogP contribution in [0.2, 0.25) is 0 Å². The smallest absolute Gasteiger partial charge is 0.227 e. The van der Waals surface area contributed by atoms with Crippen molar-refractivity contribution in [1.29, 1.82) is 0 Å². The number of nitrogens with zero attached hydrogens (tertiary/aromatic N) is 2. The van der Waals surface area contributed by atoms with Gasteiger partial charge in [-0.05, 0) is 37.1 Å². The number of amides is 1. The van der Waals surface area contributed by atoms with Gasteiger partial charge in [-0.1, -0.05) is 0 Å². The van der Waals surface area contributed by atoms with E-state index in [2.05, 4.69) is 10.3 Å². The molecular weight excluding hydrogens is 254 g/mol. The maximum Gasteiger partial charge on any atom is 0.227 e. The Morgan fingerprint density at radius 1 is 1.50 bits per heavy atom. The lowest BCUT2D eigenvalue weighted by Gasteiger charge is -2.25. The number of ether oxygens (including phenoxy) is 1. The summed E-state index contributed by atoms with van der Waals surface area (Å²) in [7, 11) is 1.67. The van der Waals surface area contributed by atoms with E-state index in [0.29, 0.717) is 25.6 Å². The van der Waals surface area contributed by atoms with E-state index in [1.54, 1.807) is 19.5 Å². The first kappa shape index (κ1) is 14.9. The van der Waals surface area contributed by atoms with Crippen LogP contribution in [0.4, 0.5) is 0 Å². The van der Waals surface area contributed by atoms with Gasteiger partial charge in [-0.2, -0.15) is 0 Å². The lowest BCUT2D eigenvalue weighted by Crippen LogP contribution is -2.43. The molecule has 20 heavy (non-hydrogen) atoms. The van der Waals surface area contributed by atoms with Gasteiger partial charge in [-0.25, -0.2) is 0 Å². The van der Waals surface area contributed by atoms with Gasteiger partial charge >= 0.3 is 0 Å². The van der Waals surface area contributed by atoms with Crippen molar-refractivity contribution >= 4 is 5.91 Å². The summed E-state index contributed by atoms with van der Waals surface area (Å²) in [6.45, 7) is 3.06. The van der Waals surface area contributed by atoms with E-state index in [0.717, 1.165) is 25.1 Å². The molecule has 0 spiro atoms. The van der Waals surface area contributed by atoms with Crippen LogP contribution in [0.1, 0.15) is 18.4 Å². The molecule has 2 rings (SSSR count). The molecule has 0 bridgehead atoms. The van der Waals surface area contributed by atoms with E-state index in [-0.39, 0.29) is 5.91 Å². The van der Waals surface area contributed by atoms with Gasteiger partial charge in [-0.3, -0.25) is 9.78 Å². The van der Waals surface area contributed by atoms with Crippen molar-refractivity contribution in [3.8, 4) is 0 Å². The highest BCUT2D eigenvalue weighted by Crippen LogP contribution is 2.09. The van der Waals surface area contributed by atoms with Crippen molar-refractivity contribution in [3.63, 3.8) is 0 Å². The molecule has 1 N–H and O–H groups in total. The molecule has 0 radical (unpaired) electrons. The molecule has 2 heterocycles. The molecule has 1 aromatic rings. The van der Waals surface area contributed by atoms with Gasteiger partial charge in [0.1, 0.15) is 0 Å². The summed E-state index contributed by atoms with van der Waals surface area (Å²) in [5, 5.41) is 3.44. The molecule has 1 saturated heterocycles. The van der Waals surface area contributed by atoms with Crippen LogP contribution in [0, 0.1) is 0 Å². The minimum absolute atomic E-state index is 0.155. The molecule has 1 aromatic heterocycles. The Labute approximate surface area is 120 Å². The average molecular weight is 277 g/mol. The number of carbonyl (C=O) groups is 1. The number of nitrogens with one attached hydrogen (secondary N) is 1. The van der Waals surface area contributed by atoms with Gasteiger partial charge in [0.15, 0.2) is 0 Å². The van der Waals surface area contributed by atoms with Crippen LogP contribution in [0.3, 0.4) is 0 Å². The van der Waals surface area contributed by atoms with Gasteiger partial charge in [0.25, 0.3) is 0 Å². The number of hydrogen-bond donors (Lipinski definition) is 1. The van der Waals surface area contributed by atoms with Crippen LogP contribution in [0.15, 0.2) is 24.5 Å². The summed E-state index contributed by atoms with van der Waals surface area (Å²) >= 11 is 0. The zero-order valence-corrected chi connectivity index (χ0v) is 12.0. The Morgan fingerprint density at radius 3 is 2.95 bits per heavy atom. The predicted octanol–water partition coefficient (Wildman–Crippen LogP) is 0.851. The lowest BCUT2D eigenvalue weighted by atomic mass is 10.1.